The van der Waals surface area contributed by atoms with Crippen molar-refractivity contribution in [2.45, 2.75) is 26.3 Å². The lowest BCUT2D eigenvalue weighted by molar-refractivity contribution is 0.408. The summed E-state index contributed by atoms with van der Waals surface area (Å²) in [6.45, 7) is 2.53. The summed E-state index contributed by atoms with van der Waals surface area (Å²) >= 11 is 0. The molecule has 0 aliphatic rings. The predicted molar refractivity (Wildman–Crippen MR) is 68.3 cm³/mol. The third-order valence-corrected chi connectivity index (χ3v) is 3.01. The smallest absolute Gasteiger partial charge is 0.213 e. The lowest BCUT2D eigenvalue weighted by atomic mass is 10.2. The van der Waals surface area contributed by atoms with E-state index in [9.17, 15) is 0 Å². The molecule has 0 aliphatic heterocycles. The highest BCUT2D eigenvalue weighted by atomic mass is 16.5. The second kappa shape index (κ2) is 4.38. The zero-order valence-corrected chi connectivity index (χ0v) is 10.9. The van der Waals surface area contributed by atoms with Crippen LogP contribution in [0.25, 0.3) is 11.2 Å². The van der Waals surface area contributed by atoms with E-state index in [-0.39, 0.29) is 0 Å². The van der Waals surface area contributed by atoms with Gasteiger partial charge in [-0.1, -0.05) is 18.5 Å². The number of nitrogen functional groups attached to an aromatic ring is 1. The van der Waals surface area contributed by atoms with E-state index in [2.05, 4.69) is 27.1 Å². The van der Waals surface area contributed by atoms with Crippen LogP contribution in [0.4, 0.5) is 5.95 Å². The molecule has 0 unspecified atom stereocenters. The molecule has 8 nitrogen and oxygen atoms in total. The first-order valence-electron chi connectivity index (χ1n) is 6.13. The van der Waals surface area contributed by atoms with Gasteiger partial charge < -0.3 is 10.3 Å². The van der Waals surface area contributed by atoms with Crippen LogP contribution in [-0.2, 0) is 20.0 Å². The highest BCUT2D eigenvalue weighted by Gasteiger charge is 2.18. The second-order valence-corrected chi connectivity index (χ2v) is 4.40. The summed E-state index contributed by atoms with van der Waals surface area (Å²) in [6.07, 6.45) is 3.20. The van der Waals surface area contributed by atoms with Crippen molar-refractivity contribution in [2.75, 3.05) is 5.73 Å². The highest BCUT2D eigenvalue weighted by Crippen LogP contribution is 2.22. The van der Waals surface area contributed by atoms with Crippen molar-refractivity contribution in [3.63, 3.8) is 0 Å². The number of imidazole rings is 1. The molecule has 2 N–H and O–H groups in total. The van der Waals surface area contributed by atoms with Crippen LogP contribution in [-0.4, -0.2) is 29.5 Å². The molecule has 0 spiro atoms. The number of aromatic nitrogens is 6. The fourth-order valence-electron chi connectivity index (χ4n) is 2.22. The van der Waals surface area contributed by atoms with Crippen LogP contribution >= 0.6 is 0 Å². The Hall–Kier alpha value is -2.38. The van der Waals surface area contributed by atoms with E-state index >= 15 is 0 Å². The summed E-state index contributed by atoms with van der Waals surface area (Å²) < 4.78 is 8.37. The first kappa shape index (κ1) is 11.7. The van der Waals surface area contributed by atoms with Crippen LogP contribution in [0.15, 0.2) is 10.9 Å². The molecule has 0 aliphatic carbocycles. The molecular weight excluding hydrogens is 246 g/mol. The average molecular weight is 261 g/mol. The maximum absolute atomic E-state index is 5.97. The van der Waals surface area contributed by atoms with Gasteiger partial charge in [0, 0.05) is 7.05 Å². The zero-order valence-electron chi connectivity index (χ0n) is 10.9. The van der Waals surface area contributed by atoms with Crippen LogP contribution in [0.5, 0.6) is 0 Å². The molecule has 0 aromatic carbocycles. The number of rotatable bonds is 4. The molecule has 0 fully saturated rings. The highest BCUT2D eigenvalue weighted by molar-refractivity contribution is 5.77. The van der Waals surface area contributed by atoms with Crippen molar-refractivity contribution < 1.29 is 4.52 Å². The zero-order chi connectivity index (χ0) is 13.4. The number of hydrogen-bond acceptors (Lipinski definition) is 6. The molecule has 19 heavy (non-hydrogen) atoms. The van der Waals surface area contributed by atoms with Crippen LogP contribution in [0.2, 0.25) is 0 Å². The van der Waals surface area contributed by atoms with E-state index in [4.69, 9.17) is 10.3 Å². The Kier molecular flexibility index (Phi) is 2.69. The lowest BCUT2D eigenvalue weighted by Crippen LogP contribution is -2.09. The molecule has 0 saturated carbocycles. The predicted octanol–water partition coefficient (Wildman–Crippen LogP) is 0.736. The normalized spacial score (nSPS) is 11.5. The number of aryl methyl sites for hydroxylation is 2. The second-order valence-electron chi connectivity index (χ2n) is 4.40. The molecular formula is C11H15N7O. The number of nitrogens with zero attached hydrogens (tertiary/aromatic N) is 6. The summed E-state index contributed by atoms with van der Waals surface area (Å²) in [4.78, 5) is 8.40. The van der Waals surface area contributed by atoms with Crippen molar-refractivity contribution in [1.82, 2.24) is 29.5 Å². The minimum Gasteiger partial charge on any atom is -0.369 e. The van der Waals surface area contributed by atoms with Crippen LogP contribution < -0.4 is 5.73 Å². The SMILES string of the molecule is CCCc1nn(C)c2c1nc(N)n2Cc1ncon1. The fraction of sp³-hybridized carbons (Fsp3) is 0.455. The van der Waals surface area contributed by atoms with Gasteiger partial charge in [-0.25, -0.2) is 4.98 Å². The van der Waals surface area contributed by atoms with Crippen LogP contribution in [0, 0.1) is 0 Å². The van der Waals surface area contributed by atoms with Crippen molar-refractivity contribution in [1.29, 1.82) is 0 Å². The van der Waals surface area contributed by atoms with Gasteiger partial charge in [-0.15, -0.1) is 0 Å². The average Bonchev–Trinajstić information content (AvgIpc) is 3.04. The topological polar surface area (TPSA) is 101 Å². The summed E-state index contributed by atoms with van der Waals surface area (Å²) in [6, 6.07) is 0. The van der Waals surface area contributed by atoms with E-state index in [0.717, 1.165) is 29.7 Å². The Morgan fingerprint density at radius 2 is 2.26 bits per heavy atom. The number of hydrogen-bond donors (Lipinski definition) is 1. The Labute approximate surface area is 109 Å². The first-order valence-corrected chi connectivity index (χ1v) is 6.13. The summed E-state index contributed by atoms with van der Waals surface area (Å²) in [5, 5.41) is 8.28. The maximum atomic E-state index is 5.97. The van der Waals surface area contributed by atoms with Crippen LogP contribution in [0.3, 0.4) is 0 Å². The van der Waals surface area contributed by atoms with Gasteiger partial charge in [-0.2, -0.15) is 10.1 Å². The van der Waals surface area contributed by atoms with E-state index in [0.29, 0.717) is 18.3 Å². The Morgan fingerprint density at radius 3 is 2.95 bits per heavy atom. The number of fused-ring (bicyclic) bond motifs is 1. The van der Waals surface area contributed by atoms with Crippen molar-refractivity contribution in [2.24, 2.45) is 7.05 Å². The van der Waals surface area contributed by atoms with Gasteiger partial charge in [0.05, 0.1) is 12.2 Å². The molecule has 100 valence electrons. The Bertz CT molecular complexity index is 694. The molecule has 3 aromatic heterocycles. The molecule has 0 atom stereocenters. The van der Waals surface area contributed by atoms with Gasteiger partial charge in [0.2, 0.25) is 12.3 Å². The minimum absolute atomic E-state index is 0.421. The van der Waals surface area contributed by atoms with Gasteiger partial charge in [-0.05, 0) is 6.42 Å². The summed E-state index contributed by atoms with van der Waals surface area (Å²) in [7, 11) is 1.88. The molecule has 0 saturated heterocycles. The van der Waals surface area contributed by atoms with Crippen molar-refractivity contribution in [3.8, 4) is 0 Å². The largest absolute Gasteiger partial charge is 0.369 e. The van der Waals surface area contributed by atoms with Gasteiger partial charge in [-0.3, -0.25) is 9.25 Å². The quantitative estimate of drug-likeness (QED) is 0.743. The van der Waals surface area contributed by atoms with Gasteiger partial charge in [0.1, 0.15) is 5.52 Å². The lowest BCUT2D eigenvalue weighted by Gasteiger charge is -2.03. The van der Waals surface area contributed by atoms with E-state index in [1.807, 2.05) is 11.6 Å². The summed E-state index contributed by atoms with van der Waals surface area (Å²) in [5.74, 6) is 0.995. The third kappa shape index (κ3) is 1.85. The standard InChI is InChI=1S/C11H15N7O/c1-3-4-7-9-10(17(2)15-7)18(11(12)14-9)5-8-13-6-19-16-8/h6H,3-5H2,1-2H3,(H2,12,14). The molecule has 8 heteroatoms. The van der Waals surface area contributed by atoms with Gasteiger partial charge in [0.25, 0.3) is 0 Å². The fourth-order valence-corrected chi connectivity index (χ4v) is 2.22. The molecule has 3 heterocycles. The van der Waals surface area contributed by atoms with Crippen molar-refractivity contribution >= 4 is 17.1 Å². The molecule has 0 amide bonds. The molecule has 0 radical (unpaired) electrons. The molecule has 0 bridgehead atoms. The van der Waals surface area contributed by atoms with E-state index < -0.39 is 0 Å². The molecule has 3 aromatic rings. The van der Waals surface area contributed by atoms with Crippen LogP contribution in [0.1, 0.15) is 24.9 Å². The minimum atomic E-state index is 0.421. The third-order valence-electron chi connectivity index (χ3n) is 3.01. The first-order chi connectivity index (χ1) is 9.20. The Balaban J connectivity index is 2.11. The maximum Gasteiger partial charge on any atom is 0.213 e. The Morgan fingerprint density at radius 1 is 1.42 bits per heavy atom. The van der Waals surface area contributed by atoms with Gasteiger partial charge in [0.15, 0.2) is 11.5 Å². The van der Waals surface area contributed by atoms with E-state index in [1.54, 1.807) is 4.68 Å². The molecule has 3 rings (SSSR count). The summed E-state index contributed by atoms with van der Waals surface area (Å²) in [5.41, 5.74) is 8.68. The van der Waals surface area contributed by atoms with Crippen molar-refractivity contribution in [3.05, 3.63) is 17.9 Å². The van der Waals surface area contributed by atoms with Gasteiger partial charge >= 0.3 is 0 Å². The van der Waals surface area contributed by atoms with E-state index in [1.165, 1.54) is 6.39 Å². The monoisotopic (exact) mass is 261 g/mol. The number of nitrogens with two attached hydrogens (primary N) is 1. The number of anilines is 1.